The van der Waals surface area contributed by atoms with Crippen LogP contribution < -0.4 is 5.32 Å². The molecule has 3 atom stereocenters. The van der Waals surface area contributed by atoms with Crippen LogP contribution in [0.5, 0.6) is 0 Å². The molecule has 3 N–H and O–H groups in total. The smallest absolute Gasteiger partial charge is 0.408 e. The number of unbranched alkanes of at least 4 members (excludes halogenated alkanes) is 1. The molecule has 0 spiro atoms. The first-order chi connectivity index (χ1) is 11.6. The van der Waals surface area contributed by atoms with Gasteiger partial charge in [0.25, 0.3) is 0 Å². The molecule has 8 heteroatoms. The number of aliphatic carboxylic acids is 1. The fourth-order valence-electron chi connectivity index (χ4n) is 1.87. The average molecular weight is 363 g/mol. The summed E-state index contributed by atoms with van der Waals surface area (Å²) in [5.41, 5.74) is -0.714. The van der Waals surface area contributed by atoms with Crippen molar-refractivity contribution in [2.45, 2.75) is 77.7 Å². The number of carboxylic acid groups (broad SMARTS) is 1. The van der Waals surface area contributed by atoms with Gasteiger partial charge in [-0.25, -0.2) is 9.59 Å². The number of ether oxygens (including phenoxy) is 3. The lowest BCUT2D eigenvalue weighted by Crippen LogP contribution is -2.46. The largest absolute Gasteiger partial charge is 0.480 e. The molecule has 8 nitrogen and oxygen atoms in total. The van der Waals surface area contributed by atoms with Crippen LogP contribution in [0.1, 0.15) is 53.9 Å². The molecule has 0 aromatic carbocycles. The highest BCUT2D eigenvalue weighted by molar-refractivity contribution is 5.80. The van der Waals surface area contributed by atoms with Crippen molar-refractivity contribution in [2.75, 3.05) is 19.8 Å². The van der Waals surface area contributed by atoms with E-state index in [9.17, 15) is 14.7 Å². The molecular formula is C17H33NO7. The van der Waals surface area contributed by atoms with Crippen LogP contribution in [0.3, 0.4) is 0 Å². The molecule has 1 amide bonds. The Morgan fingerprint density at radius 2 is 1.84 bits per heavy atom. The molecule has 0 radical (unpaired) electrons. The van der Waals surface area contributed by atoms with Crippen LogP contribution in [0, 0.1) is 0 Å². The summed E-state index contributed by atoms with van der Waals surface area (Å²) >= 11 is 0. The highest BCUT2D eigenvalue weighted by Gasteiger charge is 2.24. The van der Waals surface area contributed by atoms with Gasteiger partial charge < -0.3 is 29.7 Å². The van der Waals surface area contributed by atoms with E-state index in [-0.39, 0.29) is 19.3 Å². The number of amides is 1. The van der Waals surface area contributed by atoms with Crippen LogP contribution in [-0.4, -0.2) is 65.9 Å². The number of carboxylic acids is 1. The maximum atomic E-state index is 11.6. The van der Waals surface area contributed by atoms with Crippen molar-refractivity contribution < 1.29 is 34.0 Å². The average Bonchev–Trinajstić information content (AvgIpc) is 2.46. The third kappa shape index (κ3) is 12.6. The predicted molar refractivity (Wildman–Crippen MR) is 92.6 cm³/mol. The van der Waals surface area contributed by atoms with Gasteiger partial charge in [-0.1, -0.05) is 13.3 Å². The zero-order chi connectivity index (χ0) is 19.5. The number of rotatable bonds is 12. The van der Waals surface area contributed by atoms with E-state index in [1.165, 1.54) is 0 Å². The summed E-state index contributed by atoms with van der Waals surface area (Å²) < 4.78 is 15.9. The Kier molecular flexibility index (Phi) is 11.4. The summed E-state index contributed by atoms with van der Waals surface area (Å²) in [6, 6.07) is -1.21. The Bertz CT molecular complexity index is 393. The molecule has 0 aliphatic rings. The summed E-state index contributed by atoms with van der Waals surface area (Å²) in [7, 11) is 0. The van der Waals surface area contributed by atoms with Gasteiger partial charge in [0.15, 0.2) is 6.04 Å². The molecule has 0 rings (SSSR count). The van der Waals surface area contributed by atoms with Crippen molar-refractivity contribution in [1.82, 2.24) is 5.32 Å². The van der Waals surface area contributed by atoms with E-state index in [0.717, 1.165) is 12.8 Å². The summed E-state index contributed by atoms with van der Waals surface area (Å²) in [6.45, 7) is 9.32. The number of carbonyl (C=O) groups excluding carboxylic acids is 1. The zero-order valence-electron chi connectivity index (χ0n) is 15.9. The number of carbonyl (C=O) groups is 2. The second-order valence-electron chi connectivity index (χ2n) is 6.90. The van der Waals surface area contributed by atoms with E-state index in [2.05, 4.69) is 5.32 Å². The zero-order valence-corrected chi connectivity index (χ0v) is 15.9. The van der Waals surface area contributed by atoms with Crippen molar-refractivity contribution >= 4 is 12.1 Å². The summed E-state index contributed by atoms with van der Waals surface area (Å²) in [5.74, 6) is -1.21. The molecule has 0 fully saturated rings. The quantitative estimate of drug-likeness (QED) is 0.454. The van der Waals surface area contributed by atoms with Gasteiger partial charge in [-0.15, -0.1) is 0 Å². The van der Waals surface area contributed by atoms with Gasteiger partial charge in [0, 0.05) is 13.2 Å². The molecule has 0 saturated carbocycles. The number of aliphatic hydroxyl groups excluding tert-OH is 1. The first-order valence-electron chi connectivity index (χ1n) is 8.66. The number of hydrogen-bond acceptors (Lipinski definition) is 6. The Hall–Kier alpha value is -1.38. The number of hydrogen-bond donors (Lipinski definition) is 3. The van der Waals surface area contributed by atoms with Crippen molar-refractivity contribution in [1.29, 1.82) is 0 Å². The molecular weight excluding hydrogens is 330 g/mol. The van der Waals surface area contributed by atoms with Gasteiger partial charge in [0.05, 0.1) is 18.8 Å². The first kappa shape index (κ1) is 23.6. The Labute approximate surface area is 149 Å². The van der Waals surface area contributed by atoms with Gasteiger partial charge in [-0.3, -0.25) is 0 Å². The van der Waals surface area contributed by atoms with Crippen LogP contribution in [0.4, 0.5) is 4.79 Å². The second kappa shape index (κ2) is 12.1. The van der Waals surface area contributed by atoms with Crippen molar-refractivity contribution in [3.8, 4) is 0 Å². The number of nitrogens with one attached hydrogen (secondary N) is 1. The molecule has 0 aliphatic carbocycles. The number of alkyl carbamates (subject to hydrolysis) is 1. The summed E-state index contributed by atoms with van der Waals surface area (Å²) in [4.78, 5) is 22.8. The fraction of sp³-hybridized carbons (Fsp3) is 0.882. The predicted octanol–water partition coefficient (Wildman–Crippen LogP) is 1.94. The molecule has 0 aromatic rings. The van der Waals surface area contributed by atoms with Crippen molar-refractivity contribution in [2.24, 2.45) is 0 Å². The van der Waals surface area contributed by atoms with Crippen LogP contribution in [0.15, 0.2) is 0 Å². The third-order valence-electron chi connectivity index (χ3n) is 3.19. The van der Waals surface area contributed by atoms with Gasteiger partial charge in [0.1, 0.15) is 5.60 Å². The molecule has 148 valence electrons. The molecule has 0 unspecified atom stereocenters. The Morgan fingerprint density at radius 1 is 1.20 bits per heavy atom. The fourth-order valence-corrected chi connectivity index (χ4v) is 1.87. The summed E-state index contributed by atoms with van der Waals surface area (Å²) in [6.07, 6.45) is 0.516. The number of aliphatic hydroxyl groups is 1. The highest BCUT2D eigenvalue weighted by Crippen LogP contribution is 2.08. The molecule has 25 heavy (non-hydrogen) atoms. The van der Waals surface area contributed by atoms with E-state index in [1.54, 1.807) is 27.7 Å². The lowest BCUT2D eigenvalue weighted by atomic mass is 10.1. The minimum absolute atomic E-state index is 0.198. The van der Waals surface area contributed by atoms with Crippen LogP contribution >= 0.6 is 0 Å². The topological polar surface area (TPSA) is 114 Å². The standard InChI is InChI=1S/C17H33NO7/c1-6-7-9-24-14(12(2)19)8-10-23-11-13(15(20)21)18-16(22)25-17(3,4)5/h12-14,19H,6-11H2,1-5H3,(H,18,22)(H,20,21)/t12-,13-,14+/m0/s1. The minimum Gasteiger partial charge on any atom is -0.480 e. The van der Waals surface area contributed by atoms with E-state index in [4.69, 9.17) is 19.3 Å². The third-order valence-corrected chi connectivity index (χ3v) is 3.19. The molecule has 0 aromatic heterocycles. The first-order valence-corrected chi connectivity index (χ1v) is 8.66. The Balaban J connectivity index is 4.25. The molecule has 0 bridgehead atoms. The van der Waals surface area contributed by atoms with E-state index >= 15 is 0 Å². The second-order valence-corrected chi connectivity index (χ2v) is 6.90. The van der Waals surface area contributed by atoms with Gasteiger partial charge in [0.2, 0.25) is 0 Å². The van der Waals surface area contributed by atoms with Crippen molar-refractivity contribution in [3.05, 3.63) is 0 Å². The maximum Gasteiger partial charge on any atom is 0.408 e. The SMILES string of the molecule is CCCCO[C@H](CCOC[C@H](NC(=O)OC(C)(C)C)C(=O)O)[C@H](C)O. The van der Waals surface area contributed by atoms with E-state index in [0.29, 0.717) is 13.0 Å². The van der Waals surface area contributed by atoms with Gasteiger partial charge >= 0.3 is 12.1 Å². The highest BCUT2D eigenvalue weighted by atomic mass is 16.6. The van der Waals surface area contributed by atoms with Crippen LogP contribution in [0.25, 0.3) is 0 Å². The molecule has 0 aliphatic heterocycles. The molecule has 0 saturated heterocycles. The van der Waals surface area contributed by atoms with E-state index in [1.807, 2.05) is 6.92 Å². The lowest BCUT2D eigenvalue weighted by Gasteiger charge is -2.23. The summed E-state index contributed by atoms with van der Waals surface area (Å²) in [5, 5.41) is 21.1. The normalized spacial score (nSPS) is 15.3. The maximum absolute atomic E-state index is 11.6. The van der Waals surface area contributed by atoms with Crippen molar-refractivity contribution in [3.63, 3.8) is 0 Å². The molecule has 0 heterocycles. The Morgan fingerprint density at radius 3 is 2.32 bits per heavy atom. The van der Waals surface area contributed by atoms with Gasteiger partial charge in [-0.2, -0.15) is 0 Å². The monoisotopic (exact) mass is 363 g/mol. The van der Waals surface area contributed by atoms with Gasteiger partial charge in [-0.05, 0) is 40.5 Å². The van der Waals surface area contributed by atoms with E-state index < -0.39 is 29.8 Å². The lowest BCUT2D eigenvalue weighted by molar-refractivity contribution is -0.141. The van der Waals surface area contributed by atoms with Crippen LogP contribution in [0.2, 0.25) is 0 Å². The van der Waals surface area contributed by atoms with Crippen LogP contribution in [-0.2, 0) is 19.0 Å². The minimum atomic E-state index is -1.21.